The molecule has 0 aliphatic rings. The Morgan fingerprint density at radius 3 is 0.767 bits per heavy atom. The van der Waals surface area contributed by atoms with E-state index in [4.69, 9.17) is 0 Å². The summed E-state index contributed by atoms with van der Waals surface area (Å²) in [6, 6.07) is 0. The molecule has 0 atom stereocenters. The molecule has 0 aromatic carbocycles. The molecule has 0 amide bonds. The summed E-state index contributed by atoms with van der Waals surface area (Å²) < 4.78 is 218. The van der Waals surface area contributed by atoms with E-state index >= 15 is 0 Å². The average Bonchev–Trinajstić information content (AvgIpc) is 2.52. The fourth-order valence-corrected chi connectivity index (χ4v) is 2.33. The molecule has 0 N–H and O–H groups in total. The Balaban J connectivity index is 6.85. The minimum Gasteiger partial charge on any atom is -0.197 e. The van der Waals surface area contributed by atoms with E-state index in [0.29, 0.717) is 0 Å². The summed E-state index contributed by atoms with van der Waals surface area (Å²) in [7, 11) is 0. The van der Waals surface area contributed by atoms with Gasteiger partial charge in [-0.2, -0.15) is 74.6 Å². The van der Waals surface area contributed by atoms with Crippen molar-refractivity contribution < 1.29 is 74.6 Å². The van der Waals surface area contributed by atoms with Gasteiger partial charge >= 0.3 is 47.6 Å². The van der Waals surface area contributed by atoms with Gasteiger partial charge in [-0.15, -0.1) is 0 Å². The monoisotopic (exact) mass is 682 g/mol. The van der Waals surface area contributed by atoms with Gasteiger partial charge in [-0.1, -0.05) is 47.8 Å². The molecule has 0 saturated carbocycles. The van der Waals surface area contributed by atoms with Crippen LogP contribution in [0, 0.1) is 0 Å². The lowest BCUT2D eigenvalue weighted by Gasteiger charge is -2.44. The van der Waals surface area contributed by atoms with Crippen LogP contribution in [0.25, 0.3) is 0 Å². The van der Waals surface area contributed by atoms with Crippen molar-refractivity contribution in [2.75, 3.05) is 5.33 Å². The van der Waals surface area contributed by atoms with E-state index in [2.05, 4.69) is 0 Å². The van der Waals surface area contributed by atoms with Gasteiger partial charge in [0.2, 0.25) is 0 Å². The second-order valence-electron chi connectivity index (χ2n) is 5.36. The Kier molecular flexibility index (Phi) is 7.71. The van der Waals surface area contributed by atoms with E-state index in [-0.39, 0.29) is 0 Å². The third-order valence-electron chi connectivity index (χ3n) is 3.35. The van der Waals surface area contributed by atoms with Gasteiger partial charge in [-0.25, -0.2) is 0 Å². The first-order valence-electron chi connectivity index (χ1n) is 6.21. The second kappa shape index (κ2) is 7.65. The number of hydrogen-bond acceptors (Lipinski definition) is 0. The molecule has 0 heterocycles. The maximum atomic E-state index is 13.7. The molecule has 0 aromatic heterocycles. The molecular formula is C10H2Br3F17. The van der Waals surface area contributed by atoms with Crippen molar-refractivity contribution in [2.45, 2.75) is 50.9 Å². The minimum absolute atomic E-state index is 1.57. The van der Waals surface area contributed by atoms with Crippen molar-refractivity contribution in [2.24, 2.45) is 0 Å². The lowest BCUT2D eigenvalue weighted by Crippen LogP contribution is -2.75. The van der Waals surface area contributed by atoms with E-state index in [0.717, 1.165) is 0 Å². The molecule has 0 aliphatic heterocycles. The van der Waals surface area contributed by atoms with Gasteiger partial charge in [0.15, 0.2) is 3.23 Å². The lowest BCUT2D eigenvalue weighted by molar-refractivity contribution is -0.461. The van der Waals surface area contributed by atoms with Crippen LogP contribution in [0.15, 0.2) is 0 Å². The molecule has 0 rings (SSSR count). The standard InChI is InChI=1S/C10H2Br3F17/c11-1-2(12,13)3(14,15)4(16,17)5(18,19)6(20,21)7(22,23)8(24,25)9(26,27)10(28,29)30/h1H2. The zero-order chi connectivity index (χ0) is 25.2. The Bertz CT molecular complexity index is 634. The number of hydrogen-bond donors (Lipinski definition) is 0. The molecule has 0 aliphatic carbocycles. The summed E-state index contributed by atoms with van der Waals surface area (Å²) in [5.41, 5.74) is 0. The lowest BCUT2D eigenvalue weighted by atomic mass is 9.88. The number of alkyl halides is 20. The fraction of sp³-hybridized carbons (Fsp3) is 1.00. The maximum Gasteiger partial charge on any atom is 0.460 e. The third-order valence-corrected chi connectivity index (χ3v) is 7.25. The van der Waals surface area contributed by atoms with Gasteiger partial charge in [0.05, 0.1) is 0 Å². The van der Waals surface area contributed by atoms with Crippen molar-refractivity contribution >= 4 is 47.8 Å². The first kappa shape index (κ1) is 30.2. The molecule has 30 heavy (non-hydrogen) atoms. The Hall–Kier alpha value is 0.250. The summed E-state index contributed by atoms with van der Waals surface area (Å²) >= 11 is 5.21. The van der Waals surface area contributed by atoms with E-state index < -0.39 is 56.2 Å². The third kappa shape index (κ3) is 3.70. The smallest absolute Gasteiger partial charge is 0.197 e. The van der Waals surface area contributed by atoms with Crippen molar-refractivity contribution in [3.05, 3.63) is 0 Å². The molecule has 0 bridgehead atoms. The fourth-order valence-electron chi connectivity index (χ4n) is 1.48. The summed E-state index contributed by atoms with van der Waals surface area (Å²) in [5.74, 6) is -56.5. The predicted octanol–water partition coefficient (Wildman–Crippen LogP) is 7.88. The van der Waals surface area contributed by atoms with Crippen LogP contribution in [0.3, 0.4) is 0 Å². The molecule has 0 spiro atoms. The van der Waals surface area contributed by atoms with Crippen LogP contribution in [-0.4, -0.2) is 56.2 Å². The summed E-state index contributed by atoms with van der Waals surface area (Å²) in [6.45, 7) is 0. The summed E-state index contributed by atoms with van der Waals surface area (Å²) in [5, 5.41) is -1.57. The summed E-state index contributed by atoms with van der Waals surface area (Å²) in [6.07, 6.45) is -7.77. The van der Waals surface area contributed by atoms with Crippen molar-refractivity contribution in [3.8, 4) is 0 Å². The molecule has 0 aromatic rings. The highest BCUT2D eigenvalue weighted by atomic mass is 79.9. The van der Waals surface area contributed by atoms with Crippen LogP contribution < -0.4 is 0 Å². The van der Waals surface area contributed by atoms with Crippen LogP contribution in [0.5, 0.6) is 0 Å². The van der Waals surface area contributed by atoms with Crippen LogP contribution in [0.1, 0.15) is 0 Å². The molecule has 182 valence electrons. The maximum absolute atomic E-state index is 13.7. The number of halogens is 20. The Morgan fingerprint density at radius 1 is 0.367 bits per heavy atom. The SMILES string of the molecule is FC(F)(F)C(F)(F)C(F)(F)C(F)(F)C(F)(F)C(F)(F)C(F)(F)C(F)(F)C(Br)(Br)CBr. The first-order valence-corrected chi connectivity index (χ1v) is 8.92. The van der Waals surface area contributed by atoms with Crippen molar-refractivity contribution in [1.29, 1.82) is 0 Å². The van der Waals surface area contributed by atoms with Gasteiger partial charge in [0.25, 0.3) is 0 Å². The summed E-state index contributed by atoms with van der Waals surface area (Å²) in [4.78, 5) is 0. The minimum atomic E-state index is -8.63. The van der Waals surface area contributed by atoms with Crippen LogP contribution >= 0.6 is 47.8 Å². The van der Waals surface area contributed by atoms with E-state index in [9.17, 15) is 74.6 Å². The van der Waals surface area contributed by atoms with Gasteiger partial charge in [0.1, 0.15) is 0 Å². The first-order chi connectivity index (χ1) is 12.6. The van der Waals surface area contributed by atoms with Crippen molar-refractivity contribution in [1.82, 2.24) is 0 Å². The van der Waals surface area contributed by atoms with Gasteiger partial charge < -0.3 is 0 Å². The van der Waals surface area contributed by atoms with E-state index in [1.165, 1.54) is 0 Å². The van der Waals surface area contributed by atoms with Gasteiger partial charge in [-0.05, 0) is 0 Å². The highest BCUT2D eigenvalue weighted by Crippen LogP contribution is 2.66. The Morgan fingerprint density at radius 2 is 0.567 bits per heavy atom. The molecule has 0 saturated heterocycles. The zero-order valence-electron chi connectivity index (χ0n) is 12.8. The molecule has 0 nitrogen and oxygen atoms in total. The molecule has 0 radical (unpaired) electrons. The van der Waals surface area contributed by atoms with Crippen molar-refractivity contribution in [3.63, 3.8) is 0 Å². The zero-order valence-corrected chi connectivity index (χ0v) is 17.5. The molecule has 20 heteroatoms. The Labute approximate surface area is 178 Å². The van der Waals surface area contributed by atoms with E-state index in [1.807, 2.05) is 15.9 Å². The average molecular weight is 685 g/mol. The van der Waals surface area contributed by atoms with E-state index in [1.54, 1.807) is 31.9 Å². The molecule has 0 unspecified atom stereocenters. The number of rotatable bonds is 8. The van der Waals surface area contributed by atoms with Crippen LogP contribution in [0.2, 0.25) is 0 Å². The van der Waals surface area contributed by atoms with Crippen LogP contribution in [0.4, 0.5) is 74.6 Å². The van der Waals surface area contributed by atoms with Gasteiger partial charge in [-0.3, -0.25) is 0 Å². The quantitative estimate of drug-likeness (QED) is 0.180. The second-order valence-corrected chi connectivity index (χ2v) is 9.69. The van der Waals surface area contributed by atoms with Crippen LogP contribution in [-0.2, 0) is 0 Å². The molecule has 0 fully saturated rings. The highest BCUT2D eigenvalue weighted by Gasteiger charge is 2.96. The normalized spacial score (nSPS) is 16.8. The predicted molar refractivity (Wildman–Crippen MR) is 75.1 cm³/mol. The largest absolute Gasteiger partial charge is 0.460 e. The topological polar surface area (TPSA) is 0 Å². The molecular weight excluding hydrogens is 683 g/mol. The highest BCUT2D eigenvalue weighted by molar-refractivity contribution is 9.26. The van der Waals surface area contributed by atoms with Gasteiger partial charge in [0, 0.05) is 5.33 Å².